The fourth-order valence-electron chi connectivity index (χ4n) is 2.57. The number of hydrogen-bond donors (Lipinski definition) is 0. The van der Waals surface area contributed by atoms with Crippen molar-refractivity contribution in [1.82, 2.24) is 0 Å². The molecule has 0 spiro atoms. The van der Waals surface area contributed by atoms with Crippen LogP contribution in [0.15, 0.2) is 15.3 Å². The maximum Gasteiger partial charge on any atom is 0.336 e. The zero-order chi connectivity index (χ0) is 14.1. The van der Waals surface area contributed by atoms with E-state index in [-0.39, 0.29) is 5.63 Å². The average molecular weight is 264 g/mol. The Morgan fingerprint density at radius 1 is 0.895 bits per heavy atom. The van der Waals surface area contributed by atoms with Crippen molar-refractivity contribution in [2.75, 3.05) is 0 Å². The molecule has 0 aromatic carbocycles. The molecule has 2 nitrogen and oxygen atoms in total. The topological polar surface area (TPSA) is 30.2 Å². The smallest absolute Gasteiger partial charge is 0.336 e. The van der Waals surface area contributed by atoms with E-state index in [2.05, 4.69) is 20.8 Å². The zero-order valence-corrected chi connectivity index (χ0v) is 12.8. The van der Waals surface area contributed by atoms with Crippen LogP contribution in [0.3, 0.4) is 0 Å². The van der Waals surface area contributed by atoms with Crippen molar-refractivity contribution in [3.05, 3.63) is 33.4 Å². The van der Waals surface area contributed by atoms with Gasteiger partial charge in [0.1, 0.15) is 5.76 Å². The van der Waals surface area contributed by atoms with Gasteiger partial charge in [-0.2, -0.15) is 0 Å². The van der Waals surface area contributed by atoms with Crippen molar-refractivity contribution >= 4 is 0 Å². The Morgan fingerprint density at radius 3 is 2.26 bits per heavy atom. The Kier molecular flexibility index (Phi) is 7.54. The third kappa shape index (κ3) is 5.22. The number of rotatable bonds is 9. The Hall–Kier alpha value is -1.05. The van der Waals surface area contributed by atoms with Crippen molar-refractivity contribution in [1.29, 1.82) is 0 Å². The summed E-state index contributed by atoms with van der Waals surface area (Å²) in [7, 11) is 0. The van der Waals surface area contributed by atoms with Crippen LogP contribution in [0.5, 0.6) is 0 Å². The van der Waals surface area contributed by atoms with Crippen LogP contribution in [0.2, 0.25) is 0 Å². The highest BCUT2D eigenvalue weighted by Gasteiger charge is 2.11. The summed E-state index contributed by atoms with van der Waals surface area (Å²) >= 11 is 0. The summed E-state index contributed by atoms with van der Waals surface area (Å²) in [4.78, 5) is 11.7. The minimum absolute atomic E-state index is 0.172. The molecule has 19 heavy (non-hydrogen) atoms. The molecule has 1 aromatic rings. The Bertz CT molecular complexity index is 418. The van der Waals surface area contributed by atoms with Crippen molar-refractivity contribution in [3.8, 4) is 0 Å². The fourth-order valence-corrected chi connectivity index (χ4v) is 2.57. The van der Waals surface area contributed by atoms with E-state index in [4.69, 9.17) is 4.42 Å². The third-order valence-corrected chi connectivity index (χ3v) is 3.52. The van der Waals surface area contributed by atoms with Crippen LogP contribution in [0, 0.1) is 0 Å². The van der Waals surface area contributed by atoms with Crippen molar-refractivity contribution in [2.45, 2.75) is 78.6 Å². The molecule has 0 fully saturated rings. The number of aryl methyl sites for hydroxylation is 2. The monoisotopic (exact) mass is 264 g/mol. The highest BCUT2D eigenvalue weighted by atomic mass is 16.4. The molecule has 0 aliphatic rings. The van der Waals surface area contributed by atoms with Crippen LogP contribution < -0.4 is 5.63 Å². The van der Waals surface area contributed by atoms with E-state index in [1.807, 2.05) is 0 Å². The minimum atomic E-state index is -0.172. The molecule has 2 heteroatoms. The lowest BCUT2D eigenvalue weighted by Crippen LogP contribution is -2.09. The first-order valence-corrected chi connectivity index (χ1v) is 7.87. The largest absolute Gasteiger partial charge is 0.428 e. The number of unbranched alkanes of at least 4 members (excludes halogenated alkanes) is 3. The third-order valence-electron chi connectivity index (χ3n) is 3.52. The van der Waals surface area contributed by atoms with Crippen LogP contribution in [-0.2, 0) is 19.3 Å². The van der Waals surface area contributed by atoms with Gasteiger partial charge in [-0.05, 0) is 36.8 Å². The van der Waals surface area contributed by atoms with Crippen LogP contribution in [0.25, 0.3) is 0 Å². The van der Waals surface area contributed by atoms with Crippen LogP contribution in [-0.4, -0.2) is 0 Å². The van der Waals surface area contributed by atoms with Gasteiger partial charge in [0, 0.05) is 12.5 Å². The Balaban J connectivity index is 2.89. The van der Waals surface area contributed by atoms with Gasteiger partial charge in [0.25, 0.3) is 0 Å². The lowest BCUT2D eigenvalue weighted by Gasteiger charge is -2.12. The Labute approximate surface area is 117 Å². The molecular formula is C17H28O2. The molecule has 0 aliphatic carbocycles. The predicted octanol–water partition coefficient (Wildman–Crippen LogP) is 4.67. The molecule has 0 atom stereocenters. The van der Waals surface area contributed by atoms with E-state index >= 15 is 0 Å². The first-order valence-electron chi connectivity index (χ1n) is 7.87. The second-order valence-electron chi connectivity index (χ2n) is 5.30. The Morgan fingerprint density at radius 2 is 1.63 bits per heavy atom. The summed E-state index contributed by atoms with van der Waals surface area (Å²) in [6.45, 7) is 6.53. The molecule has 0 radical (unpaired) electrons. The predicted molar refractivity (Wildman–Crippen MR) is 80.8 cm³/mol. The summed E-state index contributed by atoms with van der Waals surface area (Å²) in [6.07, 6.45) is 10.0. The maximum atomic E-state index is 11.7. The molecule has 0 saturated heterocycles. The van der Waals surface area contributed by atoms with E-state index in [9.17, 15) is 4.79 Å². The van der Waals surface area contributed by atoms with Gasteiger partial charge in [-0.1, -0.05) is 46.5 Å². The summed E-state index contributed by atoms with van der Waals surface area (Å²) < 4.78 is 5.41. The van der Waals surface area contributed by atoms with Gasteiger partial charge >= 0.3 is 5.63 Å². The lowest BCUT2D eigenvalue weighted by molar-refractivity contribution is 0.444. The lowest BCUT2D eigenvalue weighted by atomic mass is 9.96. The van der Waals surface area contributed by atoms with Crippen LogP contribution in [0.1, 0.15) is 76.2 Å². The molecular weight excluding hydrogens is 236 g/mol. The van der Waals surface area contributed by atoms with Crippen molar-refractivity contribution < 1.29 is 4.42 Å². The standard InChI is InChI=1S/C17H28O2/c1-4-7-8-9-12-14-13-17(18)19-16(11-6-3)15(14)10-5-2/h13H,4-12H2,1-3H3. The molecule has 1 aromatic heterocycles. The molecule has 0 aliphatic heterocycles. The van der Waals surface area contributed by atoms with Gasteiger partial charge in [-0.3, -0.25) is 0 Å². The summed E-state index contributed by atoms with van der Waals surface area (Å²) in [5, 5.41) is 0. The summed E-state index contributed by atoms with van der Waals surface area (Å²) in [6, 6.07) is 1.72. The maximum absolute atomic E-state index is 11.7. The van der Waals surface area contributed by atoms with E-state index in [1.165, 1.54) is 36.8 Å². The van der Waals surface area contributed by atoms with Crippen molar-refractivity contribution in [3.63, 3.8) is 0 Å². The molecule has 0 bridgehead atoms. The average Bonchev–Trinajstić information content (AvgIpc) is 2.38. The molecule has 0 amide bonds. The minimum Gasteiger partial charge on any atom is -0.428 e. The summed E-state index contributed by atoms with van der Waals surface area (Å²) in [5.74, 6) is 0.933. The van der Waals surface area contributed by atoms with Gasteiger partial charge < -0.3 is 4.42 Å². The number of hydrogen-bond acceptors (Lipinski definition) is 2. The van der Waals surface area contributed by atoms with E-state index < -0.39 is 0 Å². The van der Waals surface area contributed by atoms with Gasteiger partial charge in [-0.25, -0.2) is 4.79 Å². The van der Waals surface area contributed by atoms with Crippen LogP contribution in [0.4, 0.5) is 0 Å². The second kappa shape index (κ2) is 8.95. The van der Waals surface area contributed by atoms with Gasteiger partial charge in [0.05, 0.1) is 0 Å². The van der Waals surface area contributed by atoms with Crippen LogP contribution >= 0.6 is 0 Å². The normalized spacial score (nSPS) is 10.9. The van der Waals surface area contributed by atoms with E-state index in [0.717, 1.165) is 37.9 Å². The van der Waals surface area contributed by atoms with Gasteiger partial charge in [-0.15, -0.1) is 0 Å². The molecule has 0 saturated carbocycles. The first kappa shape index (κ1) is 16.0. The molecule has 1 rings (SSSR count). The van der Waals surface area contributed by atoms with Gasteiger partial charge in [0.15, 0.2) is 0 Å². The quantitative estimate of drug-likeness (QED) is 0.607. The highest BCUT2D eigenvalue weighted by Crippen LogP contribution is 2.19. The highest BCUT2D eigenvalue weighted by molar-refractivity contribution is 5.28. The fraction of sp³-hybridized carbons (Fsp3) is 0.706. The SMILES string of the molecule is CCCCCCc1cc(=O)oc(CCC)c1CCC. The zero-order valence-electron chi connectivity index (χ0n) is 12.8. The summed E-state index contributed by atoms with van der Waals surface area (Å²) in [5.41, 5.74) is 2.37. The molecule has 108 valence electrons. The van der Waals surface area contributed by atoms with E-state index in [1.54, 1.807) is 6.07 Å². The van der Waals surface area contributed by atoms with E-state index in [0.29, 0.717) is 0 Å². The molecule has 0 N–H and O–H groups in total. The van der Waals surface area contributed by atoms with Crippen molar-refractivity contribution in [2.24, 2.45) is 0 Å². The first-order chi connectivity index (χ1) is 9.22. The second-order valence-corrected chi connectivity index (χ2v) is 5.30. The molecule has 0 unspecified atom stereocenters. The van der Waals surface area contributed by atoms with Gasteiger partial charge in [0.2, 0.25) is 0 Å². The molecule has 1 heterocycles.